The van der Waals surface area contributed by atoms with Gasteiger partial charge < -0.3 is 4.74 Å². The van der Waals surface area contributed by atoms with Crippen LogP contribution in [0.1, 0.15) is 58.3 Å². The first-order chi connectivity index (χ1) is 7.36. The molecule has 88 valence electrons. The molecular weight excluding hydrogens is 184 g/mol. The van der Waals surface area contributed by atoms with E-state index in [4.69, 9.17) is 4.74 Å². The zero-order valence-corrected chi connectivity index (χ0v) is 10.2. The molecule has 1 rings (SSSR count). The summed E-state index contributed by atoms with van der Waals surface area (Å²) in [5.74, 6) is 0.986. The molecule has 1 aliphatic carbocycles. The number of unbranched alkanes of at least 4 members (excludes halogenated alkanes) is 2. The topological polar surface area (TPSA) is 9.23 Å². The summed E-state index contributed by atoms with van der Waals surface area (Å²) in [5.41, 5.74) is 0. The second-order valence-electron chi connectivity index (χ2n) is 4.76. The zero-order chi connectivity index (χ0) is 10.9. The molecule has 1 aliphatic rings. The fourth-order valence-corrected chi connectivity index (χ4v) is 2.47. The molecule has 0 saturated heterocycles. The smallest absolute Gasteiger partial charge is 0.0648 e. The van der Waals surface area contributed by atoms with Gasteiger partial charge in [0.05, 0.1) is 12.7 Å². The molecule has 0 heterocycles. The SMILES string of the molecule is C=CCOC1CCC(CCCCC)CC1. The van der Waals surface area contributed by atoms with Crippen molar-refractivity contribution in [2.45, 2.75) is 64.4 Å². The van der Waals surface area contributed by atoms with Crippen LogP contribution in [0, 0.1) is 5.92 Å². The molecule has 0 aliphatic heterocycles. The van der Waals surface area contributed by atoms with Crippen LogP contribution in [-0.4, -0.2) is 12.7 Å². The summed E-state index contributed by atoms with van der Waals surface area (Å²) >= 11 is 0. The Morgan fingerprint density at radius 3 is 2.53 bits per heavy atom. The molecule has 15 heavy (non-hydrogen) atoms. The summed E-state index contributed by atoms with van der Waals surface area (Å²) in [6.07, 6.45) is 13.3. The van der Waals surface area contributed by atoms with Gasteiger partial charge in [-0.2, -0.15) is 0 Å². The van der Waals surface area contributed by atoms with Crippen LogP contribution < -0.4 is 0 Å². The highest BCUT2D eigenvalue weighted by atomic mass is 16.5. The van der Waals surface area contributed by atoms with E-state index in [0.29, 0.717) is 6.10 Å². The third-order valence-electron chi connectivity index (χ3n) is 3.46. The minimum atomic E-state index is 0.519. The van der Waals surface area contributed by atoms with E-state index >= 15 is 0 Å². The predicted octanol–water partition coefficient (Wildman–Crippen LogP) is 4.33. The highest BCUT2D eigenvalue weighted by Crippen LogP contribution is 2.29. The fraction of sp³-hybridized carbons (Fsp3) is 0.857. The highest BCUT2D eigenvalue weighted by molar-refractivity contribution is 4.74. The van der Waals surface area contributed by atoms with Crippen LogP contribution in [0.5, 0.6) is 0 Å². The van der Waals surface area contributed by atoms with Gasteiger partial charge in [-0.05, 0) is 31.6 Å². The fourth-order valence-electron chi connectivity index (χ4n) is 2.47. The molecule has 0 atom stereocenters. The van der Waals surface area contributed by atoms with Crippen LogP contribution in [0.4, 0.5) is 0 Å². The molecule has 1 saturated carbocycles. The maximum Gasteiger partial charge on any atom is 0.0648 e. The lowest BCUT2D eigenvalue weighted by Crippen LogP contribution is -2.21. The van der Waals surface area contributed by atoms with Gasteiger partial charge in [0.25, 0.3) is 0 Å². The van der Waals surface area contributed by atoms with E-state index in [1.807, 2.05) is 6.08 Å². The molecule has 0 aromatic heterocycles. The third kappa shape index (κ3) is 5.36. The zero-order valence-electron chi connectivity index (χ0n) is 10.2. The number of hydrogen-bond acceptors (Lipinski definition) is 1. The number of rotatable bonds is 7. The Bertz CT molecular complexity index is 157. The quantitative estimate of drug-likeness (QED) is 0.449. The molecule has 0 N–H and O–H groups in total. The second-order valence-corrected chi connectivity index (χ2v) is 4.76. The van der Waals surface area contributed by atoms with Gasteiger partial charge in [0, 0.05) is 0 Å². The van der Waals surface area contributed by atoms with Crippen molar-refractivity contribution in [3.63, 3.8) is 0 Å². The highest BCUT2D eigenvalue weighted by Gasteiger charge is 2.20. The lowest BCUT2D eigenvalue weighted by Gasteiger charge is -2.28. The van der Waals surface area contributed by atoms with Crippen LogP contribution in [0.15, 0.2) is 12.7 Å². The molecule has 1 fully saturated rings. The first kappa shape index (κ1) is 12.8. The Morgan fingerprint density at radius 1 is 1.20 bits per heavy atom. The molecule has 0 aromatic carbocycles. The van der Waals surface area contributed by atoms with Crippen molar-refractivity contribution in [3.8, 4) is 0 Å². The number of ether oxygens (including phenoxy) is 1. The van der Waals surface area contributed by atoms with Crippen LogP contribution in [0.2, 0.25) is 0 Å². The predicted molar refractivity (Wildman–Crippen MR) is 66.0 cm³/mol. The third-order valence-corrected chi connectivity index (χ3v) is 3.46. The maximum absolute atomic E-state index is 5.69. The maximum atomic E-state index is 5.69. The summed E-state index contributed by atoms with van der Waals surface area (Å²) in [4.78, 5) is 0. The Balaban J connectivity index is 2.04. The van der Waals surface area contributed by atoms with Gasteiger partial charge in [-0.25, -0.2) is 0 Å². The van der Waals surface area contributed by atoms with E-state index in [1.165, 1.54) is 51.4 Å². The van der Waals surface area contributed by atoms with Gasteiger partial charge in [-0.15, -0.1) is 6.58 Å². The Labute approximate surface area is 94.9 Å². The molecule has 0 spiro atoms. The number of hydrogen-bond donors (Lipinski definition) is 0. The molecule has 1 heteroatoms. The van der Waals surface area contributed by atoms with Gasteiger partial charge in [0.1, 0.15) is 0 Å². The van der Waals surface area contributed by atoms with Gasteiger partial charge in [-0.1, -0.05) is 38.7 Å². The van der Waals surface area contributed by atoms with Crippen LogP contribution in [-0.2, 0) is 4.74 Å². The minimum absolute atomic E-state index is 0.519. The van der Waals surface area contributed by atoms with E-state index < -0.39 is 0 Å². The first-order valence-corrected chi connectivity index (χ1v) is 6.59. The Morgan fingerprint density at radius 2 is 1.93 bits per heavy atom. The normalized spacial score (nSPS) is 26.5. The van der Waals surface area contributed by atoms with E-state index in [0.717, 1.165) is 12.5 Å². The molecule has 0 aromatic rings. The van der Waals surface area contributed by atoms with E-state index in [1.54, 1.807) is 0 Å². The van der Waals surface area contributed by atoms with Crippen LogP contribution >= 0.6 is 0 Å². The van der Waals surface area contributed by atoms with Crippen molar-refractivity contribution >= 4 is 0 Å². The molecule has 0 bridgehead atoms. The van der Waals surface area contributed by atoms with E-state index in [9.17, 15) is 0 Å². The second kappa shape index (κ2) is 7.92. The lowest BCUT2D eigenvalue weighted by molar-refractivity contribution is 0.0334. The van der Waals surface area contributed by atoms with Gasteiger partial charge in [-0.3, -0.25) is 0 Å². The van der Waals surface area contributed by atoms with Crippen molar-refractivity contribution in [2.24, 2.45) is 5.92 Å². The first-order valence-electron chi connectivity index (χ1n) is 6.59. The standard InChI is InChI=1S/C14H26O/c1-3-5-6-7-13-8-10-14(11-9-13)15-12-4-2/h4,13-14H,2-3,5-12H2,1H3. The average Bonchev–Trinajstić information content (AvgIpc) is 2.28. The van der Waals surface area contributed by atoms with Gasteiger partial charge in [0.15, 0.2) is 0 Å². The van der Waals surface area contributed by atoms with Crippen molar-refractivity contribution < 1.29 is 4.74 Å². The van der Waals surface area contributed by atoms with E-state index in [2.05, 4.69) is 13.5 Å². The summed E-state index contributed by atoms with van der Waals surface area (Å²) in [5, 5.41) is 0. The largest absolute Gasteiger partial charge is 0.374 e. The monoisotopic (exact) mass is 210 g/mol. The average molecular weight is 210 g/mol. The Hall–Kier alpha value is -0.300. The molecule has 0 radical (unpaired) electrons. The van der Waals surface area contributed by atoms with Crippen molar-refractivity contribution in [3.05, 3.63) is 12.7 Å². The Kier molecular flexibility index (Phi) is 6.74. The summed E-state index contributed by atoms with van der Waals surface area (Å²) < 4.78 is 5.69. The minimum Gasteiger partial charge on any atom is -0.374 e. The molecule has 0 amide bonds. The summed E-state index contributed by atoms with van der Waals surface area (Å²) in [7, 11) is 0. The van der Waals surface area contributed by atoms with Gasteiger partial charge >= 0.3 is 0 Å². The van der Waals surface area contributed by atoms with Crippen LogP contribution in [0.3, 0.4) is 0 Å². The van der Waals surface area contributed by atoms with E-state index in [-0.39, 0.29) is 0 Å². The molecule has 0 unspecified atom stereocenters. The lowest BCUT2D eigenvalue weighted by atomic mass is 9.84. The van der Waals surface area contributed by atoms with Crippen molar-refractivity contribution in [1.29, 1.82) is 0 Å². The molecular formula is C14H26O. The van der Waals surface area contributed by atoms with Gasteiger partial charge in [0.2, 0.25) is 0 Å². The molecule has 1 nitrogen and oxygen atoms in total. The van der Waals surface area contributed by atoms with Crippen molar-refractivity contribution in [2.75, 3.05) is 6.61 Å². The summed E-state index contributed by atoms with van der Waals surface area (Å²) in [6.45, 7) is 6.69. The summed E-state index contributed by atoms with van der Waals surface area (Å²) in [6, 6.07) is 0. The van der Waals surface area contributed by atoms with Crippen molar-refractivity contribution in [1.82, 2.24) is 0 Å². The van der Waals surface area contributed by atoms with Crippen LogP contribution in [0.25, 0.3) is 0 Å².